The molecule has 1 aromatic heterocycles. The van der Waals surface area contributed by atoms with Crippen LogP contribution in [-0.2, 0) is 34.9 Å². The van der Waals surface area contributed by atoms with Crippen molar-refractivity contribution in [3.8, 4) is 0 Å². The van der Waals surface area contributed by atoms with Gasteiger partial charge in [0.2, 0.25) is 16.8 Å². The number of aromatic amines is 1. The smallest absolute Gasteiger partial charge is 0.222 e. The Bertz CT molecular complexity index is 1020. The maximum Gasteiger partial charge on any atom is 0.222 e. The number of thiol groups is 1. The summed E-state index contributed by atoms with van der Waals surface area (Å²) in [5, 5.41) is 3.09. The summed E-state index contributed by atoms with van der Waals surface area (Å²) in [5.41, 5.74) is 3.52. The number of nitrogens with zero attached hydrogens (tertiary/aromatic N) is 1. The van der Waals surface area contributed by atoms with Crippen molar-refractivity contribution in [1.29, 1.82) is 0 Å². The van der Waals surface area contributed by atoms with Gasteiger partial charge in [-0.05, 0) is 42.5 Å². The van der Waals surface area contributed by atoms with Crippen LogP contribution in [0.25, 0.3) is 0 Å². The van der Waals surface area contributed by atoms with E-state index in [9.17, 15) is 13.2 Å². The first-order valence-electron chi connectivity index (χ1n) is 9.91. The molecule has 0 fully saturated rings. The molecule has 2 aromatic carbocycles. The van der Waals surface area contributed by atoms with Crippen LogP contribution in [0.5, 0.6) is 0 Å². The molecule has 0 aliphatic rings. The minimum Gasteiger partial charge on any atom is -0.347 e. The van der Waals surface area contributed by atoms with Crippen LogP contribution in [0.3, 0.4) is 0 Å². The van der Waals surface area contributed by atoms with E-state index in [0.29, 0.717) is 30.8 Å². The average molecular weight is 427 g/mol. The van der Waals surface area contributed by atoms with Crippen LogP contribution in [0, 0.1) is 0 Å². The van der Waals surface area contributed by atoms with E-state index in [1.165, 1.54) is 0 Å². The second-order valence-corrected chi connectivity index (χ2v) is 7.74. The van der Waals surface area contributed by atoms with Crippen molar-refractivity contribution in [3.05, 3.63) is 83.4 Å². The molecule has 0 bridgehead atoms. The van der Waals surface area contributed by atoms with Gasteiger partial charge in [0, 0.05) is 18.3 Å². The summed E-state index contributed by atoms with van der Waals surface area (Å²) >= 11 is 0. The van der Waals surface area contributed by atoms with Crippen LogP contribution >= 0.6 is 0 Å². The highest BCUT2D eigenvalue weighted by molar-refractivity contribution is 7.73. The quantitative estimate of drug-likeness (QED) is 0.374. The Balaban J connectivity index is 1.69. The van der Waals surface area contributed by atoms with Crippen LogP contribution in [0.4, 0.5) is 5.69 Å². The van der Waals surface area contributed by atoms with Crippen molar-refractivity contribution in [2.75, 3.05) is 4.72 Å². The first-order valence-corrected chi connectivity index (χ1v) is 11.1. The van der Waals surface area contributed by atoms with Gasteiger partial charge in [-0.25, -0.2) is 13.4 Å². The van der Waals surface area contributed by atoms with Gasteiger partial charge >= 0.3 is 0 Å². The first-order chi connectivity index (χ1) is 14.5. The molecule has 1 heterocycles. The molecule has 0 spiro atoms. The van der Waals surface area contributed by atoms with E-state index in [1.54, 1.807) is 12.1 Å². The summed E-state index contributed by atoms with van der Waals surface area (Å²) in [4.78, 5) is 20.4. The molecule has 3 N–H and O–H groups in total. The molecule has 1 atom stereocenters. The fourth-order valence-corrected chi connectivity index (χ4v) is 3.54. The Hall–Kier alpha value is -3.13. The summed E-state index contributed by atoms with van der Waals surface area (Å²) in [6.07, 6.45) is 4.26. The van der Waals surface area contributed by atoms with Crippen LogP contribution < -0.4 is 10.0 Å². The number of benzene rings is 2. The number of anilines is 1. The highest BCUT2D eigenvalue weighted by Gasteiger charge is 2.18. The van der Waals surface area contributed by atoms with Crippen LogP contribution in [0.2, 0.25) is 0 Å². The van der Waals surface area contributed by atoms with E-state index < -0.39 is 10.9 Å². The van der Waals surface area contributed by atoms with E-state index in [2.05, 4.69) is 20.0 Å². The van der Waals surface area contributed by atoms with Gasteiger partial charge < -0.3 is 10.3 Å². The summed E-state index contributed by atoms with van der Waals surface area (Å²) in [5.74, 6) is 0.671. The van der Waals surface area contributed by atoms with E-state index >= 15 is 0 Å². The molecule has 3 rings (SSSR count). The number of carbonyl (C=O) groups is 1. The number of rotatable bonds is 10. The fourth-order valence-electron chi connectivity index (χ4n) is 3.18. The lowest BCUT2D eigenvalue weighted by Crippen LogP contribution is -2.31. The maximum absolute atomic E-state index is 12.6. The minimum absolute atomic E-state index is 0.0417. The Morgan fingerprint density at radius 3 is 2.43 bits per heavy atom. The van der Waals surface area contributed by atoms with Crippen molar-refractivity contribution in [1.82, 2.24) is 15.3 Å². The van der Waals surface area contributed by atoms with Crippen LogP contribution in [-0.4, -0.2) is 24.3 Å². The summed E-state index contributed by atoms with van der Waals surface area (Å²) in [6.45, 7) is 2.03. The molecule has 1 amide bonds. The third-order valence-corrected chi connectivity index (χ3v) is 5.22. The topological polar surface area (TPSA) is 104 Å². The SMILES string of the molecule is CCc1c[nH]c([C@H](Cc2ccc(N[SH](=O)=O)cc2)NC(=O)CCc2ccccc2)n1. The Morgan fingerprint density at radius 1 is 1.07 bits per heavy atom. The molecule has 0 saturated heterocycles. The number of amides is 1. The molecule has 0 radical (unpaired) electrons. The molecule has 0 saturated carbocycles. The normalized spacial score (nSPS) is 11.9. The van der Waals surface area contributed by atoms with Gasteiger partial charge in [-0.2, -0.15) is 0 Å². The van der Waals surface area contributed by atoms with Crippen molar-refractivity contribution in [3.63, 3.8) is 0 Å². The third kappa shape index (κ3) is 6.45. The largest absolute Gasteiger partial charge is 0.347 e. The molecule has 0 unspecified atom stereocenters. The second-order valence-electron chi connectivity index (χ2n) is 7.01. The minimum atomic E-state index is -2.70. The van der Waals surface area contributed by atoms with Gasteiger partial charge in [-0.3, -0.25) is 9.52 Å². The predicted octanol–water partition coefficient (Wildman–Crippen LogP) is 2.94. The first kappa shape index (κ1) is 21.6. The zero-order valence-electron chi connectivity index (χ0n) is 16.8. The lowest BCUT2D eigenvalue weighted by molar-refractivity contribution is -0.121. The van der Waals surface area contributed by atoms with E-state index in [4.69, 9.17) is 0 Å². The monoisotopic (exact) mass is 426 g/mol. The number of nitrogens with one attached hydrogen (secondary N) is 3. The third-order valence-electron chi connectivity index (χ3n) is 4.78. The Kier molecular flexibility index (Phi) is 7.62. The number of imidazole rings is 1. The van der Waals surface area contributed by atoms with Crippen molar-refractivity contribution >= 4 is 22.5 Å². The number of carbonyl (C=O) groups excluding carboxylic acids is 1. The van der Waals surface area contributed by atoms with Crippen molar-refractivity contribution in [2.45, 2.75) is 38.6 Å². The molecule has 0 aliphatic heterocycles. The molecule has 0 aliphatic carbocycles. The predicted molar refractivity (Wildman–Crippen MR) is 118 cm³/mol. The molecular formula is C22H26N4O3S. The molecule has 3 aromatic rings. The molecular weight excluding hydrogens is 400 g/mol. The van der Waals surface area contributed by atoms with Gasteiger partial charge in [0.05, 0.1) is 11.7 Å². The number of hydrogen-bond donors (Lipinski definition) is 4. The van der Waals surface area contributed by atoms with E-state index in [-0.39, 0.29) is 11.9 Å². The zero-order chi connectivity index (χ0) is 21.3. The van der Waals surface area contributed by atoms with E-state index in [0.717, 1.165) is 23.2 Å². The molecule has 8 heteroatoms. The number of hydrogen-bond acceptors (Lipinski definition) is 4. The van der Waals surface area contributed by atoms with Crippen LogP contribution in [0.1, 0.15) is 42.0 Å². The summed E-state index contributed by atoms with van der Waals surface area (Å²) in [6, 6.07) is 16.7. The highest BCUT2D eigenvalue weighted by atomic mass is 32.2. The van der Waals surface area contributed by atoms with Gasteiger partial charge in [0.1, 0.15) is 5.82 Å². The lowest BCUT2D eigenvalue weighted by atomic mass is 10.0. The Morgan fingerprint density at radius 2 is 1.80 bits per heavy atom. The Labute approximate surface area is 178 Å². The number of aryl methyl sites for hydroxylation is 2. The standard InChI is InChI=1S/C22H26N4O3S/c1-2-18-15-23-22(24-18)20(14-17-8-11-19(12-9-17)26-30(28)29)25-21(27)13-10-16-6-4-3-5-7-16/h3-9,11-12,15,20,30H,2,10,13-14H2,1H3,(H,23,24)(H,25,27)(H,26,28,29)/t20-/m0/s1. The average Bonchev–Trinajstić information content (AvgIpc) is 3.23. The zero-order valence-corrected chi connectivity index (χ0v) is 17.7. The summed E-state index contributed by atoms with van der Waals surface area (Å²) in [7, 11) is -2.70. The van der Waals surface area contributed by atoms with Gasteiger partial charge in [-0.15, -0.1) is 0 Å². The van der Waals surface area contributed by atoms with Crippen molar-refractivity contribution in [2.24, 2.45) is 0 Å². The second kappa shape index (κ2) is 10.6. The number of aromatic nitrogens is 2. The molecule has 30 heavy (non-hydrogen) atoms. The van der Waals surface area contributed by atoms with Crippen LogP contribution in [0.15, 0.2) is 60.8 Å². The maximum atomic E-state index is 12.6. The van der Waals surface area contributed by atoms with Gasteiger partial charge in [0.15, 0.2) is 0 Å². The van der Waals surface area contributed by atoms with Crippen molar-refractivity contribution < 1.29 is 13.2 Å². The summed E-state index contributed by atoms with van der Waals surface area (Å²) < 4.78 is 24.0. The molecule has 7 nitrogen and oxygen atoms in total. The number of H-pyrrole nitrogens is 1. The highest BCUT2D eigenvalue weighted by Crippen LogP contribution is 2.19. The lowest BCUT2D eigenvalue weighted by Gasteiger charge is -2.17. The van der Waals surface area contributed by atoms with Gasteiger partial charge in [0.25, 0.3) is 0 Å². The van der Waals surface area contributed by atoms with Gasteiger partial charge in [-0.1, -0.05) is 49.4 Å². The molecule has 158 valence electrons. The van der Waals surface area contributed by atoms with E-state index in [1.807, 2.05) is 55.6 Å². The fraction of sp³-hybridized carbons (Fsp3) is 0.273.